The van der Waals surface area contributed by atoms with Crippen LogP contribution < -0.4 is 22.3 Å². The van der Waals surface area contributed by atoms with E-state index in [-0.39, 0.29) is 28.3 Å². The molecule has 0 bridgehead atoms. The fourth-order valence-corrected chi connectivity index (χ4v) is 3.43. The molecule has 0 unspecified atom stereocenters. The van der Waals surface area contributed by atoms with Crippen LogP contribution >= 0.6 is 23.1 Å². The Hall–Kier alpha value is -2.85. The minimum Gasteiger partial charge on any atom is -0.391 e. The van der Waals surface area contributed by atoms with Crippen LogP contribution in [0.2, 0.25) is 0 Å². The highest BCUT2D eigenvalue weighted by Gasteiger charge is 2.11. The van der Waals surface area contributed by atoms with Gasteiger partial charge in [-0.05, 0) is 6.92 Å². The minimum absolute atomic E-state index is 0.0474. The summed E-state index contributed by atoms with van der Waals surface area (Å²) in [5.41, 5.74) is 13.3. The minimum atomic E-state index is -0.525. The number of amides is 1. The third kappa shape index (κ3) is 4.21. The summed E-state index contributed by atoms with van der Waals surface area (Å²) in [7, 11) is 0. The summed E-state index contributed by atoms with van der Waals surface area (Å²) in [6, 6.07) is 7.99. The number of aromatic amines is 1. The molecular formula is C16H16N6O2S2. The Kier molecular flexibility index (Phi) is 5.24. The van der Waals surface area contributed by atoms with Crippen molar-refractivity contribution in [3.63, 3.8) is 0 Å². The zero-order valence-electron chi connectivity index (χ0n) is 13.8. The molecule has 0 aliphatic rings. The second-order valence-corrected chi connectivity index (χ2v) is 7.23. The summed E-state index contributed by atoms with van der Waals surface area (Å²) < 4.78 is 0. The molecule has 0 aliphatic heterocycles. The Morgan fingerprint density at radius 2 is 2.00 bits per heavy atom. The first kappa shape index (κ1) is 18.0. The van der Waals surface area contributed by atoms with E-state index in [1.54, 1.807) is 0 Å². The number of hydrogen-bond acceptors (Lipinski definition) is 8. The van der Waals surface area contributed by atoms with E-state index in [2.05, 4.69) is 20.3 Å². The molecule has 10 heteroatoms. The number of carbonyl (C=O) groups is 1. The number of benzene rings is 1. The van der Waals surface area contributed by atoms with Crippen LogP contribution in [0.4, 0.5) is 16.6 Å². The van der Waals surface area contributed by atoms with E-state index < -0.39 is 5.56 Å². The standard InChI is InChI=1S/C16H16N6O2S2/c1-8-2-4-9(5-3-8)10-6-25-15(19-10)20-11(23)7-26-16-21-13(18)12(17)14(24)22-16/h2-6H,7,17H2,1H3,(H,19,20,23)(H3,18,21,22,24). The maximum Gasteiger partial charge on any atom is 0.276 e. The maximum atomic E-state index is 12.1. The molecule has 2 heterocycles. The molecule has 0 atom stereocenters. The molecule has 134 valence electrons. The van der Waals surface area contributed by atoms with Crippen LogP contribution in [0.15, 0.2) is 39.6 Å². The fourth-order valence-electron chi connectivity index (χ4n) is 2.02. The average molecular weight is 388 g/mol. The van der Waals surface area contributed by atoms with Crippen LogP contribution in [0.5, 0.6) is 0 Å². The molecule has 1 amide bonds. The van der Waals surface area contributed by atoms with Gasteiger partial charge in [0.05, 0.1) is 11.4 Å². The average Bonchev–Trinajstić information content (AvgIpc) is 3.06. The SMILES string of the molecule is Cc1ccc(-c2csc(NC(=O)CSc3nc(N)c(N)c(=O)[nH]3)n2)cc1. The Labute approximate surface area is 157 Å². The van der Waals surface area contributed by atoms with Crippen molar-refractivity contribution in [2.45, 2.75) is 12.1 Å². The summed E-state index contributed by atoms with van der Waals surface area (Å²) >= 11 is 2.40. The number of rotatable bonds is 5. The normalized spacial score (nSPS) is 10.7. The number of hydrogen-bond donors (Lipinski definition) is 4. The topological polar surface area (TPSA) is 140 Å². The second kappa shape index (κ2) is 7.58. The first-order valence-corrected chi connectivity index (χ1v) is 9.39. The lowest BCUT2D eigenvalue weighted by Gasteiger charge is -2.03. The summed E-state index contributed by atoms with van der Waals surface area (Å²) in [6.07, 6.45) is 0. The number of H-pyrrole nitrogens is 1. The number of anilines is 3. The van der Waals surface area contributed by atoms with Gasteiger partial charge in [-0.2, -0.15) is 0 Å². The Morgan fingerprint density at radius 3 is 2.69 bits per heavy atom. The van der Waals surface area contributed by atoms with Crippen LogP contribution in [-0.4, -0.2) is 26.6 Å². The Bertz CT molecular complexity index is 997. The summed E-state index contributed by atoms with van der Waals surface area (Å²) in [6.45, 7) is 2.02. The molecule has 0 saturated heterocycles. The molecule has 0 spiro atoms. The van der Waals surface area contributed by atoms with Crippen LogP contribution in [0.25, 0.3) is 11.3 Å². The molecule has 3 aromatic rings. The van der Waals surface area contributed by atoms with E-state index in [1.807, 2.05) is 36.6 Å². The van der Waals surface area contributed by atoms with Gasteiger partial charge in [-0.3, -0.25) is 14.6 Å². The van der Waals surface area contributed by atoms with Gasteiger partial charge >= 0.3 is 0 Å². The van der Waals surface area contributed by atoms with E-state index in [0.29, 0.717) is 5.13 Å². The second-order valence-electron chi connectivity index (χ2n) is 5.41. The number of carbonyl (C=O) groups excluding carboxylic acids is 1. The molecule has 26 heavy (non-hydrogen) atoms. The van der Waals surface area contributed by atoms with Gasteiger partial charge in [0.1, 0.15) is 5.69 Å². The molecular weight excluding hydrogens is 372 g/mol. The van der Waals surface area contributed by atoms with Crippen molar-refractivity contribution in [1.29, 1.82) is 0 Å². The lowest BCUT2D eigenvalue weighted by atomic mass is 10.1. The summed E-state index contributed by atoms with van der Waals surface area (Å²) in [5, 5.41) is 5.35. The van der Waals surface area contributed by atoms with E-state index >= 15 is 0 Å². The van der Waals surface area contributed by atoms with Gasteiger partial charge in [-0.1, -0.05) is 41.6 Å². The van der Waals surface area contributed by atoms with Crippen molar-refractivity contribution in [2.24, 2.45) is 0 Å². The number of aryl methyl sites for hydroxylation is 1. The van der Waals surface area contributed by atoms with Crippen LogP contribution in [0.1, 0.15) is 5.56 Å². The number of thioether (sulfide) groups is 1. The number of nitrogens with zero attached hydrogens (tertiary/aromatic N) is 2. The van der Waals surface area contributed by atoms with E-state index in [1.165, 1.54) is 16.9 Å². The molecule has 2 aromatic heterocycles. The van der Waals surface area contributed by atoms with Crippen LogP contribution in [0.3, 0.4) is 0 Å². The van der Waals surface area contributed by atoms with Gasteiger partial charge in [0.15, 0.2) is 16.1 Å². The van der Waals surface area contributed by atoms with Crippen molar-refractivity contribution >= 4 is 45.6 Å². The summed E-state index contributed by atoms with van der Waals surface area (Å²) in [5.74, 6) is -0.275. The Balaban J connectivity index is 1.60. The first-order chi connectivity index (χ1) is 12.4. The largest absolute Gasteiger partial charge is 0.391 e. The number of nitrogen functional groups attached to an aromatic ring is 2. The third-order valence-electron chi connectivity index (χ3n) is 3.40. The zero-order chi connectivity index (χ0) is 18.7. The van der Waals surface area contributed by atoms with Crippen molar-refractivity contribution in [1.82, 2.24) is 15.0 Å². The molecule has 3 rings (SSSR count). The highest BCUT2D eigenvalue weighted by atomic mass is 32.2. The molecule has 0 aliphatic carbocycles. The molecule has 0 saturated carbocycles. The smallest absolute Gasteiger partial charge is 0.276 e. The van der Waals surface area contributed by atoms with Gasteiger partial charge in [-0.25, -0.2) is 9.97 Å². The monoisotopic (exact) mass is 388 g/mol. The van der Waals surface area contributed by atoms with Crippen molar-refractivity contribution in [3.05, 3.63) is 45.6 Å². The highest BCUT2D eigenvalue weighted by molar-refractivity contribution is 7.99. The highest BCUT2D eigenvalue weighted by Crippen LogP contribution is 2.25. The van der Waals surface area contributed by atoms with E-state index in [0.717, 1.165) is 23.0 Å². The molecule has 0 fully saturated rings. The van der Waals surface area contributed by atoms with Gasteiger partial charge in [0.2, 0.25) is 5.91 Å². The van der Waals surface area contributed by atoms with Crippen LogP contribution in [-0.2, 0) is 4.79 Å². The predicted octanol–water partition coefficient (Wildman–Crippen LogP) is 2.10. The van der Waals surface area contributed by atoms with Gasteiger partial charge in [0, 0.05) is 10.9 Å². The van der Waals surface area contributed by atoms with Gasteiger partial charge < -0.3 is 16.8 Å². The number of aromatic nitrogens is 3. The van der Waals surface area contributed by atoms with Gasteiger partial charge in [0.25, 0.3) is 5.56 Å². The molecule has 1 aromatic carbocycles. The van der Waals surface area contributed by atoms with E-state index in [4.69, 9.17) is 11.5 Å². The predicted molar refractivity (Wildman–Crippen MR) is 105 cm³/mol. The van der Waals surface area contributed by atoms with Crippen LogP contribution in [0, 0.1) is 6.92 Å². The maximum absolute atomic E-state index is 12.1. The lowest BCUT2D eigenvalue weighted by molar-refractivity contribution is -0.113. The molecule has 6 N–H and O–H groups in total. The molecule has 8 nitrogen and oxygen atoms in total. The van der Waals surface area contributed by atoms with Gasteiger partial charge in [-0.15, -0.1) is 11.3 Å². The quantitative estimate of drug-likeness (QED) is 0.387. The number of thiazole rings is 1. The van der Waals surface area contributed by atoms with Crippen molar-refractivity contribution in [2.75, 3.05) is 22.5 Å². The number of nitrogens with one attached hydrogen (secondary N) is 2. The lowest BCUT2D eigenvalue weighted by Crippen LogP contribution is -2.18. The van der Waals surface area contributed by atoms with Crippen molar-refractivity contribution in [3.8, 4) is 11.3 Å². The molecule has 0 radical (unpaired) electrons. The van der Waals surface area contributed by atoms with E-state index in [9.17, 15) is 9.59 Å². The third-order valence-corrected chi connectivity index (χ3v) is 5.03. The zero-order valence-corrected chi connectivity index (χ0v) is 15.4. The van der Waals surface area contributed by atoms with Crippen molar-refractivity contribution < 1.29 is 4.79 Å². The Morgan fingerprint density at radius 1 is 1.27 bits per heavy atom. The first-order valence-electron chi connectivity index (χ1n) is 7.53. The summed E-state index contributed by atoms with van der Waals surface area (Å²) in [4.78, 5) is 34.4. The number of nitrogens with two attached hydrogens (primary N) is 2. The fraction of sp³-hybridized carbons (Fsp3) is 0.125.